The summed E-state index contributed by atoms with van der Waals surface area (Å²) >= 11 is 0. The molecule has 1 saturated heterocycles. The third-order valence-electron chi connectivity index (χ3n) is 3.59. The first-order valence-corrected chi connectivity index (χ1v) is 5.76. The number of hydrogen-bond donors (Lipinski definition) is 0. The Labute approximate surface area is 83.5 Å². The molecule has 1 heteroatoms. The molecule has 1 aliphatic heterocycles. The fourth-order valence-electron chi connectivity index (χ4n) is 2.80. The van der Waals surface area contributed by atoms with Crippen LogP contribution >= 0.6 is 0 Å². The number of piperidine rings is 1. The minimum Gasteiger partial charge on any atom is -0.300 e. The minimum absolute atomic E-state index is 0.812. The highest BCUT2D eigenvalue weighted by atomic mass is 15.2. The lowest BCUT2D eigenvalue weighted by atomic mass is 9.85. The molecule has 0 amide bonds. The van der Waals surface area contributed by atoms with Crippen LogP contribution in [-0.4, -0.2) is 24.0 Å². The van der Waals surface area contributed by atoms with E-state index in [1.54, 1.807) is 0 Å². The maximum absolute atomic E-state index is 2.62. The number of hydrogen-bond acceptors (Lipinski definition) is 1. The monoisotopic (exact) mass is 183 g/mol. The molecule has 0 radical (unpaired) electrons. The Kier molecular flexibility index (Phi) is 3.78. The van der Waals surface area contributed by atoms with Crippen molar-refractivity contribution in [3.05, 3.63) is 0 Å². The fourth-order valence-corrected chi connectivity index (χ4v) is 2.80. The van der Waals surface area contributed by atoms with Gasteiger partial charge in [0, 0.05) is 12.1 Å². The van der Waals surface area contributed by atoms with Crippen LogP contribution in [-0.2, 0) is 0 Å². The van der Waals surface area contributed by atoms with Gasteiger partial charge in [0.25, 0.3) is 0 Å². The maximum atomic E-state index is 2.62. The van der Waals surface area contributed by atoms with E-state index in [9.17, 15) is 0 Å². The van der Waals surface area contributed by atoms with Crippen molar-refractivity contribution < 1.29 is 0 Å². The summed E-state index contributed by atoms with van der Waals surface area (Å²) in [6.07, 6.45) is 4.23. The average molecular weight is 183 g/mol. The molecular weight excluding hydrogens is 158 g/mol. The van der Waals surface area contributed by atoms with Crippen LogP contribution in [0.1, 0.15) is 47.0 Å². The summed E-state index contributed by atoms with van der Waals surface area (Å²) in [6.45, 7) is 9.40. The van der Waals surface area contributed by atoms with Gasteiger partial charge in [-0.05, 0) is 31.7 Å². The van der Waals surface area contributed by atoms with E-state index >= 15 is 0 Å². The molecule has 2 atom stereocenters. The highest BCUT2D eigenvalue weighted by Crippen LogP contribution is 2.29. The molecule has 13 heavy (non-hydrogen) atoms. The van der Waals surface area contributed by atoms with Crippen LogP contribution in [0.5, 0.6) is 0 Å². The molecule has 1 rings (SSSR count). The summed E-state index contributed by atoms with van der Waals surface area (Å²) in [5, 5.41) is 0. The second-order valence-corrected chi connectivity index (χ2v) is 5.22. The zero-order valence-corrected chi connectivity index (χ0v) is 9.88. The SMILES string of the molecule is CC(C)C1CCCC(C(C)C)N1C. The Balaban J connectivity index is 2.60. The molecule has 0 spiro atoms. The zero-order chi connectivity index (χ0) is 10.0. The van der Waals surface area contributed by atoms with Gasteiger partial charge in [-0.15, -0.1) is 0 Å². The standard InChI is InChI=1S/C12H25N/c1-9(2)11-7-6-8-12(10(3)4)13(11)5/h9-12H,6-8H2,1-5H3. The Morgan fingerprint density at radius 1 is 0.923 bits per heavy atom. The van der Waals surface area contributed by atoms with E-state index in [1.165, 1.54) is 19.3 Å². The van der Waals surface area contributed by atoms with Crippen LogP contribution in [0.15, 0.2) is 0 Å². The Morgan fingerprint density at radius 2 is 1.31 bits per heavy atom. The van der Waals surface area contributed by atoms with Gasteiger partial charge in [-0.1, -0.05) is 34.1 Å². The van der Waals surface area contributed by atoms with E-state index in [-0.39, 0.29) is 0 Å². The molecule has 0 bridgehead atoms. The van der Waals surface area contributed by atoms with E-state index < -0.39 is 0 Å². The van der Waals surface area contributed by atoms with Gasteiger partial charge in [0.05, 0.1) is 0 Å². The molecule has 1 nitrogen and oxygen atoms in total. The summed E-state index contributed by atoms with van der Waals surface area (Å²) in [5.41, 5.74) is 0. The molecule has 0 aromatic rings. The molecule has 0 aliphatic carbocycles. The number of nitrogens with zero attached hydrogens (tertiary/aromatic N) is 1. The summed E-state index contributed by atoms with van der Waals surface area (Å²) in [6, 6.07) is 1.64. The topological polar surface area (TPSA) is 3.24 Å². The van der Waals surface area contributed by atoms with Crippen molar-refractivity contribution in [1.29, 1.82) is 0 Å². The van der Waals surface area contributed by atoms with Gasteiger partial charge in [-0.25, -0.2) is 0 Å². The van der Waals surface area contributed by atoms with Crippen LogP contribution in [0, 0.1) is 11.8 Å². The van der Waals surface area contributed by atoms with Gasteiger partial charge in [-0.3, -0.25) is 4.90 Å². The normalized spacial score (nSPS) is 31.6. The van der Waals surface area contributed by atoms with Crippen LogP contribution in [0.3, 0.4) is 0 Å². The molecular formula is C12H25N. The third kappa shape index (κ3) is 2.46. The molecule has 1 heterocycles. The van der Waals surface area contributed by atoms with Gasteiger partial charge < -0.3 is 0 Å². The lowest BCUT2D eigenvalue weighted by Crippen LogP contribution is -2.48. The molecule has 0 N–H and O–H groups in total. The van der Waals surface area contributed by atoms with Crippen molar-refractivity contribution in [1.82, 2.24) is 4.90 Å². The smallest absolute Gasteiger partial charge is 0.0118 e. The number of rotatable bonds is 2. The Bertz CT molecular complexity index is 135. The first-order valence-electron chi connectivity index (χ1n) is 5.76. The Morgan fingerprint density at radius 3 is 1.62 bits per heavy atom. The summed E-state index contributed by atoms with van der Waals surface area (Å²) in [4.78, 5) is 2.62. The second kappa shape index (κ2) is 4.45. The third-order valence-corrected chi connectivity index (χ3v) is 3.59. The van der Waals surface area contributed by atoms with E-state index in [4.69, 9.17) is 0 Å². The molecule has 78 valence electrons. The van der Waals surface area contributed by atoms with Crippen LogP contribution in [0.25, 0.3) is 0 Å². The summed E-state index contributed by atoms with van der Waals surface area (Å²) in [5.74, 6) is 1.62. The molecule has 0 saturated carbocycles. The van der Waals surface area contributed by atoms with E-state index in [0.29, 0.717) is 0 Å². The second-order valence-electron chi connectivity index (χ2n) is 5.22. The number of likely N-dealkylation sites (tertiary alicyclic amines) is 1. The predicted octanol–water partition coefficient (Wildman–Crippen LogP) is 3.15. The van der Waals surface area contributed by atoms with Crippen molar-refractivity contribution in [3.8, 4) is 0 Å². The lowest BCUT2D eigenvalue weighted by molar-refractivity contribution is 0.0586. The van der Waals surface area contributed by atoms with Crippen molar-refractivity contribution >= 4 is 0 Å². The Hall–Kier alpha value is -0.0400. The van der Waals surface area contributed by atoms with Gasteiger partial charge in [0.1, 0.15) is 0 Å². The lowest BCUT2D eigenvalue weighted by Gasteiger charge is -2.43. The van der Waals surface area contributed by atoms with Gasteiger partial charge in [0.2, 0.25) is 0 Å². The molecule has 1 fully saturated rings. The zero-order valence-electron chi connectivity index (χ0n) is 9.88. The molecule has 0 aromatic heterocycles. The van der Waals surface area contributed by atoms with Crippen LogP contribution < -0.4 is 0 Å². The summed E-state index contributed by atoms with van der Waals surface area (Å²) in [7, 11) is 2.31. The van der Waals surface area contributed by atoms with Crippen molar-refractivity contribution in [2.75, 3.05) is 7.05 Å². The van der Waals surface area contributed by atoms with Crippen LogP contribution in [0.2, 0.25) is 0 Å². The molecule has 0 aromatic carbocycles. The maximum Gasteiger partial charge on any atom is 0.0118 e. The minimum atomic E-state index is 0.812. The van der Waals surface area contributed by atoms with Crippen molar-refractivity contribution in [2.24, 2.45) is 11.8 Å². The highest BCUT2D eigenvalue weighted by Gasteiger charge is 2.30. The van der Waals surface area contributed by atoms with Gasteiger partial charge in [-0.2, -0.15) is 0 Å². The fraction of sp³-hybridized carbons (Fsp3) is 1.00. The van der Waals surface area contributed by atoms with Gasteiger partial charge >= 0.3 is 0 Å². The van der Waals surface area contributed by atoms with Crippen molar-refractivity contribution in [3.63, 3.8) is 0 Å². The first kappa shape index (κ1) is 11.0. The predicted molar refractivity (Wildman–Crippen MR) is 58.9 cm³/mol. The molecule has 1 aliphatic rings. The van der Waals surface area contributed by atoms with Crippen LogP contribution in [0.4, 0.5) is 0 Å². The highest BCUT2D eigenvalue weighted by molar-refractivity contribution is 4.85. The summed E-state index contributed by atoms with van der Waals surface area (Å²) < 4.78 is 0. The van der Waals surface area contributed by atoms with Gasteiger partial charge in [0.15, 0.2) is 0 Å². The van der Waals surface area contributed by atoms with E-state index in [1.807, 2.05) is 0 Å². The largest absolute Gasteiger partial charge is 0.300 e. The van der Waals surface area contributed by atoms with E-state index in [0.717, 1.165) is 23.9 Å². The average Bonchev–Trinajstić information content (AvgIpc) is 2.03. The first-order chi connectivity index (χ1) is 6.04. The van der Waals surface area contributed by atoms with E-state index in [2.05, 4.69) is 39.6 Å². The molecule has 2 unspecified atom stereocenters. The quantitative estimate of drug-likeness (QED) is 0.635. The van der Waals surface area contributed by atoms with Crippen molar-refractivity contribution in [2.45, 2.75) is 59.0 Å².